The Morgan fingerprint density at radius 3 is 2.29 bits per heavy atom. The van der Waals surface area contributed by atoms with E-state index in [1.54, 1.807) is 11.3 Å². The topological polar surface area (TPSA) is 41.6 Å². The van der Waals surface area contributed by atoms with Gasteiger partial charge < -0.3 is 15.0 Å². The van der Waals surface area contributed by atoms with E-state index < -0.39 is 0 Å². The lowest BCUT2D eigenvalue weighted by molar-refractivity contribution is 0.0526. The second kappa shape index (κ2) is 11.1. The van der Waals surface area contributed by atoms with Crippen molar-refractivity contribution in [2.75, 3.05) is 11.9 Å². The predicted octanol–water partition coefficient (Wildman–Crippen LogP) is 6.18. The summed E-state index contributed by atoms with van der Waals surface area (Å²) in [5.74, 6) is -0.218. The Bertz CT molecular complexity index is 662. The van der Waals surface area contributed by atoms with Crippen LogP contribution < -0.4 is 5.32 Å². The number of carbonyl (C=O) groups is 1. The fourth-order valence-electron chi connectivity index (χ4n) is 3.82. The molecule has 0 aliphatic heterocycles. The van der Waals surface area contributed by atoms with E-state index in [2.05, 4.69) is 37.9 Å². The molecule has 0 fully saturated rings. The summed E-state index contributed by atoms with van der Waals surface area (Å²) in [4.78, 5) is 16.4. The van der Waals surface area contributed by atoms with Gasteiger partial charge in [0.1, 0.15) is 5.00 Å². The number of hydrogen-bond acceptors (Lipinski definition) is 4. The zero-order valence-electron chi connectivity index (χ0n) is 18.1. The number of esters is 1. The Morgan fingerprint density at radius 1 is 1.11 bits per heavy atom. The standard InChI is InChI=1S/C22H36N2O2S2/c1-6-15(4)24(16(5)7-2)22(27)23-20-19(21(25)26-8-3)17-13-11-9-10-12-14-18(17)28-20/h15-16H,6-14H2,1-5H3,(H,23,27). The van der Waals surface area contributed by atoms with Crippen LogP contribution in [-0.4, -0.2) is 34.7 Å². The van der Waals surface area contributed by atoms with Crippen molar-refractivity contribution in [2.24, 2.45) is 0 Å². The van der Waals surface area contributed by atoms with Crippen molar-refractivity contribution in [2.45, 2.75) is 98.1 Å². The fourth-order valence-corrected chi connectivity index (χ4v) is 5.62. The van der Waals surface area contributed by atoms with Crippen molar-refractivity contribution >= 4 is 39.6 Å². The van der Waals surface area contributed by atoms with Crippen LogP contribution in [0.4, 0.5) is 5.00 Å². The number of nitrogens with one attached hydrogen (secondary N) is 1. The van der Waals surface area contributed by atoms with Gasteiger partial charge in [-0.1, -0.05) is 26.7 Å². The molecule has 1 aromatic rings. The number of aryl methyl sites for hydroxylation is 1. The van der Waals surface area contributed by atoms with E-state index >= 15 is 0 Å². The molecule has 1 aliphatic rings. The summed E-state index contributed by atoms with van der Waals surface area (Å²) in [6, 6.07) is 0.698. The summed E-state index contributed by atoms with van der Waals surface area (Å²) in [6.07, 6.45) is 8.86. The largest absolute Gasteiger partial charge is 0.462 e. The van der Waals surface area contributed by atoms with E-state index in [9.17, 15) is 4.79 Å². The van der Waals surface area contributed by atoms with Gasteiger partial charge in [0, 0.05) is 17.0 Å². The van der Waals surface area contributed by atoms with E-state index in [-0.39, 0.29) is 5.97 Å². The van der Waals surface area contributed by atoms with Gasteiger partial charge in [-0.25, -0.2) is 4.79 Å². The average molecular weight is 425 g/mol. The third-order valence-corrected chi connectivity index (χ3v) is 7.26. The van der Waals surface area contributed by atoms with Gasteiger partial charge >= 0.3 is 5.97 Å². The summed E-state index contributed by atoms with van der Waals surface area (Å²) in [5.41, 5.74) is 1.91. The van der Waals surface area contributed by atoms with Crippen molar-refractivity contribution in [3.63, 3.8) is 0 Å². The second-order valence-electron chi connectivity index (χ2n) is 7.69. The Hall–Kier alpha value is -1.14. The minimum atomic E-state index is -0.218. The van der Waals surface area contributed by atoms with Crippen molar-refractivity contribution in [1.82, 2.24) is 4.90 Å². The van der Waals surface area contributed by atoms with E-state index in [4.69, 9.17) is 17.0 Å². The van der Waals surface area contributed by atoms with E-state index in [0.29, 0.717) is 23.8 Å². The predicted molar refractivity (Wildman–Crippen MR) is 124 cm³/mol. The summed E-state index contributed by atoms with van der Waals surface area (Å²) in [6.45, 7) is 11.0. The number of hydrogen-bond donors (Lipinski definition) is 1. The van der Waals surface area contributed by atoms with Crippen LogP contribution in [0.15, 0.2) is 0 Å². The molecule has 0 amide bonds. The van der Waals surface area contributed by atoms with Crippen molar-refractivity contribution in [3.8, 4) is 0 Å². The SMILES string of the molecule is CCOC(=O)c1c(NC(=S)N(C(C)CC)C(C)CC)sc2c1CCCCCC2. The highest BCUT2D eigenvalue weighted by Gasteiger charge is 2.28. The molecule has 2 unspecified atom stereocenters. The highest BCUT2D eigenvalue weighted by atomic mass is 32.1. The van der Waals surface area contributed by atoms with Crippen LogP contribution in [0.2, 0.25) is 0 Å². The number of nitrogens with zero attached hydrogens (tertiary/aromatic N) is 1. The molecule has 0 aromatic carbocycles. The Morgan fingerprint density at radius 2 is 1.71 bits per heavy atom. The number of thiocarbonyl (C=S) groups is 1. The maximum absolute atomic E-state index is 12.8. The first-order valence-corrected chi connectivity index (χ1v) is 12.1. The van der Waals surface area contributed by atoms with Crippen LogP contribution in [0.1, 0.15) is 93.9 Å². The Balaban J connectivity index is 2.38. The summed E-state index contributed by atoms with van der Waals surface area (Å²) >= 11 is 7.51. The van der Waals surface area contributed by atoms with Crippen LogP contribution in [-0.2, 0) is 17.6 Å². The molecule has 1 N–H and O–H groups in total. The molecular weight excluding hydrogens is 388 g/mol. The molecule has 6 heteroatoms. The molecule has 28 heavy (non-hydrogen) atoms. The minimum absolute atomic E-state index is 0.218. The molecule has 0 radical (unpaired) electrons. The zero-order valence-corrected chi connectivity index (χ0v) is 19.7. The third kappa shape index (κ3) is 5.47. The number of thiophene rings is 1. The molecular formula is C22H36N2O2S2. The summed E-state index contributed by atoms with van der Waals surface area (Å²) in [7, 11) is 0. The van der Waals surface area contributed by atoms with Gasteiger partial charge in [-0.2, -0.15) is 0 Å². The van der Waals surface area contributed by atoms with Crippen molar-refractivity contribution < 1.29 is 9.53 Å². The van der Waals surface area contributed by atoms with Gasteiger partial charge in [-0.3, -0.25) is 0 Å². The molecule has 0 spiro atoms. The van der Waals surface area contributed by atoms with Gasteiger partial charge in [-0.15, -0.1) is 11.3 Å². The maximum Gasteiger partial charge on any atom is 0.341 e. The molecule has 0 saturated heterocycles. The lowest BCUT2D eigenvalue weighted by atomic mass is 9.96. The van der Waals surface area contributed by atoms with Crippen LogP contribution in [0.25, 0.3) is 0 Å². The van der Waals surface area contributed by atoms with Crippen LogP contribution in [0.5, 0.6) is 0 Å². The van der Waals surface area contributed by atoms with Crippen molar-refractivity contribution in [1.29, 1.82) is 0 Å². The quantitative estimate of drug-likeness (QED) is 0.418. The van der Waals surface area contributed by atoms with Gasteiger partial charge in [0.25, 0.3) is 0 Å². The zero-order chi connectivity index (χ0) is 20.7. The minimum Gasteiger partial charge on any atom is -0.462 e. The maximum atomic E-state index is 12.8. The van der Waals surface area contributed by atoms with E-state index in [0.717, 1.165) is 42.7 Å². The van der Waals surface area contributed by atoms with Gasteiger partial charge in [0.05, 0.1) is 12.2 Å². The molecule has 0 bridgehead atoms. The number of anilines is 1. The lowest BCUT2D eigenvalue weighted by Gasteiger charge is -2.36. The summed E-state index contributed by atoms with van der Waals surface area (Å²) < 4.78 is 5.42. The molecule has 2 atom stereocenters. The fraction of sp³-hybridized carbons (Fsp3) is 0.727. The molecule has 4 nitrogen and oxygen atoms in total. The summed E-state index contributed by atoms with van der Waals surface area (Å²) in [5, 5.41) is 5.03. The molecule has 158 valence electrons. The first-order valence-electron chi connectivity index (χ1n) is 10.8. The molecule has 1 heterocycles. The monoisotopic (exact) mass is 424 g/mol. The van der Waals surface area contributed by atoms with Gasteiger partial charge in [0.2, 0.25) is 0 Å². The van der Waals surface area contributed by atoms with Crippen LogP contribution >= 0.6 is 23.6 Å². The van der Waals surface area contributed by atoms with Gasteiger partial charge in [0.15, 0.2) is 5.11 Å². The Kier molecular flexibility index (Phi) is 9.22. The smallest absolute Gasteiger partial charge is 0.341 e. The third-order valence-electron chi connectivity index (χ3n) is 5.74. The first kappa shape index (κ1) is 23.1. The highest BCUT2D eigenvalue weighted by Crippen LogP contribution is 2.38. The molecule has 1 aliphatic carbocycles. The highest BCUT2D eigenvalue weighted by molar-refractivity contribution is 7.80. The van der Waals surface area contributed by atoms with E-state index in [1.165, 1.54) is 29.7 Å². The number of fused-ring (bicyclic) bond motifs is 1. The normalized spacial score (nSPS) is 16.3. The molecule has 0 saturated carbocycles. The number of ether oxygens (including phenoxy) is 1. The van der Waals surface area contributed by atoms with Crippen LogP contribution in [0.3, 0.4) is 0 Å². The number of rotatable bonds is 7. The first-order chi connectivity index (χ1) is 13.4. The van der Waals surface area contributed by atoms with Crippen molar-refractivity contribution in [3.05, 3.63) is 16.0 Å². The average Bonchev–Trinajstić information content (AvgIpc) is 2.97. The molecule has 1 aromatic heterocycles. The second-order valence-corrected chi connectivity index (χ2v) is 9.19. The Labute approximate surface area is 180 Å². The van der Waals surface area contributed by atoms with Gasteiger partial charge in [-0.05, 0) is 77.1 Å². The van der Waals surface area contributed by atoms with Crippen LogP contribution in [0, 0.1) is 0 Å². The van der Waals surface area contributed by atoms with E-state index in [1.807, 2.05) is 6.92 Å². The lowest BCUT2D eigenvalue weighted by Crippen LogP contribution is -2.46. The molecule has 2 rings (SSSR count). The number of carbonyl (C=O) groups excluding carboxylic acids is 1.